The molecule has 32 heavy (non-hydrogen) atoms. The molecule has 0 aliphatic heterocycles. The first-order valence-electron chi connectivity index (χ1n) is 8.88. The van der Waals surface area contributed by atoms with Gasteiger partial charge in [0.15, 0.2) is 12.4 Å². The summed E-state index contributed by atoms with van der Waals surface area (Å²) in [6.45, 7) is -1.17. The van der Waals surface area contributed by atoms with Gasteiger partial charge in [-0.05, 0) is 29.8 Å². The Hall–Kier alpha value is -3.96. The van der Waals surface area contributed by atoms with E-state index in [4.69, 9.17) is 9.84 Å². The number of benzene rings is 2. The first kappa shape index (κ1) is 22.7. The fourth-order valence-corrected chi connectivity index (χ4v) is 2.78. The van der Waals surface area contributed by atoms with Gasteiger partial charge in [0, 0.05) is 12.3 Å². The molecule has 0 saturated heterocycles. The molecule has 0 saturated carbocycles. The van der Waals surface area contributed by atoms with E-state index in [0.29, 0.717) is 6.07 Å². The van der Waals surface area contributed by atoms with Crippen molar-refractivity contribution in [2.45, 2.75) is 12.7 Å². The summed E-state index contributed by atoms with van der Waals surface area (Å²) in [7, 11) is 0. The molecule has 0 atom stereocenters. The molecular formula is C20H14F5N3O4. The van der Waals surface area contributed by atoms with Crippen molar-refractivity contribution in [2.75, 3.05) is 11.9 Å². The predicted molar refractivity (Wildman–Crippen MR) is 100 cm³/mol. The van der Waals surface area contributed by atoms with Crippen LogP contribution in [0.1, 0.15) is 21.5 Å². The zero-order valence-electron chi connectivity index (χ0n) is 16.0. The van der Waals surface area contributed by atoms with Gasteiger partial charge >= 0.3 is 12.1 Å². The van der Waals surface area contributed by atoms with Crippen molar-refractivity contribution in [1.29, 1.82) is 0 Å². The maximum absolute atomic E-state index is 13.7. The maximum Gasteiger partial charge on any atom is 0.416 e. The lowest BCUT2D eigenvalue weighted by molar-refractivity contribution is -0.139. The second-order valence-corrected chi connectivity index (χ2v) is 6.45. The molecule has 0 bridgehead atoms. The molecule has 3 aromatic rings. The summed E-state index contributed by atoms with van der Waals surface area (Å²) in [5.74, 6) is -5.02. The van der Waals surface area contributed by atoms with Crippen LogP contribution >= 0.6 is 0 Å². The first-order chi connectivity index (χ1) is 15.0. The lowest BCUT2D eigenvalue weighted by Gasteiger charge is -2.15. The Morgan fingerprint density at radius 3 is 2.41 bits per heavy atom. The molecule has 0 fully saturated rings. The number of carbonyl (C=O) groups is 2. The van der Waals surface area contributed by atoms with E-state index in [-0.39, 0.29) is 23.7 Å². The summed E-state index contributed by atoms with van der Waals surface area (Å²) in [6, 6.07) is 7.10. The third kappa shape index (κ3) is 5.39. The van der Waals surface area contributed by atoms with Crippen molar-refractivity contribution in [3.63, 3.8) is 0 Å². The van der Waals surface area contributed by atoms with Crippen LogP contribution in [-0.2, 0) is 17.5 Å². The van der Waals surface area contributed by atoms with Crippen LogP contribution in [0.25, 0.3) is 0 Å². The average molecular weight is 455 g/mol. The second kappa shape index (κ2) is 9.04. The van der Waals surface area contributed by atoms with Crippen LogP contribution in [0.15, 0.2) is 48.7 Å². The quantitative estimate of drug-likeness (QED) is 0.527. The molecule has 0 unspecified atom stereocenters. The highest BCUT2D eigenvalue weighted by atomic mass is 19.4. The summed E-state index contributed by atoms with van der Waals surface area (Å²) in [4.78, 5) is 22.6. The number of carboxylic acid groups (broad SMARTS) is 1. The fourth-order valence-electron chi connectivity index (χ4n) is 2.78. The summed E-state index contributed by atoms with van der Waals surface area (Å²) < 4.78 is 73.6. The number of hydrogen-bond acceptors (Lipinski definition) is 4. The second-order valence-electron chi connectivity index (χ2n) is 6.45. The van der Waals surface area contributed by atoms with E-state index < -0.39 is 47.4 Å². The molecule has 1 amide bonds. The maximum atomic E-state index is 13.7. The monoisotopic (exact) mass is 455 g/mol. The molecule has 0 radical (unpaired) electrons. The number of nitrogens with zero attached hydrogens (tertiary/aromatic N) is 2. The highest BCUT2D eigenvalue weighted by Crippen LogP contribution is 2.35. The molecule has 2 aromatic carbocycles. The smallest absolute Gasteiger partial charge is 0.416 e. The summed E-state index contributed by atoms with van der Waals surface area (Å²) in [5.41, 5.74) is -2.09. The molecule has 2 N–H and O–H groups in total. The minimum Gasteiger partial charge on any atom is -0.482 e. The number of amides is 1. The number of rotatable bonds is 7. The molecule has 1 aromatic heterocycles. The Morgan fingerprint density at radius 2 is 1.78 bits per heavy atom. The van der Waals surface area contributed by atoms with E-state index in [1.165, 1.54) is 18.3 Å². The molecule has 12 heteroatoms. The van der Waals surface area contributed by atoms with Crippen LogP contribution in [0, 0.1) is 11.6 Å². The minimum absolute atomic E-state index is 0.132. The fraction of sp³-hybridized carbons (Fsp3) is 0.150. The average Bonchev–Trinajstić information content (AvgIpc) is 3.12. The van der Waals surface area contributed by atoms with Gasteiger partial charge in [-0.15, -0.1) is 0 Å². The number of anilines is 1. The van der Waals surface area contributed by atoms with Gasteiger partial charge in [-0.2, -0.15) is 18.3 Å². The molecule has 0 aliphatic rings. The van der Waals surface area contributed by atoms with E-state index in [2.05, 4.69) is 10.4 Å². The number of hydrogen-bond donors (Lipinski definition) is 2. The van der Waals surface area contributed by atoms with Gasteiger partial charge in [-0.1, -0.05) is 12.1 Å². The molecule has 0 aliphatic carbocycles. The first-order valence-corrected chi connectivity index (χ1v) is 8.88. The highest BCUT2D eigenvalue weighted by molar-refractivity contribution is 6.04. The number of aromatic nitrogens is 2. The largest absolute Gasteiger partial charge is 0.482 e. The van der Waals surface area contributed by atoms with Crippen molar-refractivity contribution in [2.24, 2.45) is 0 Å². The summed E-state index contributed by atoms with van der Waals surface area (Å²) in [5, 5.41) is 14.7. The minimum atomic E-state index is -4.76. The lowest BCUT2D eigenvalue weighted by Crippen LogP contribution is -2.17. The van der Waals surface area contributed by atoms with Gasteiger partial charge in [-0.25, -0.2) is 13.6 Å². The molecular weight excluding hydrogens is 441 g/mol. The summed E-state index contributed by atoms with van der Waals surface area (Å²) in [6.07, 6.45) is -3.49. The normalized spacial score (nSPS) is 11.3. The highest BCUT2D eigenvalue weighted by Gasteiger charge is 2.34. The number of aliphatic carboxylic acids is 1. The molecule has 0 spiro atoms. The standard InChI is InChI=1S/C20H14F5N3O4/c21-14-2-1-3-15(22)18(14)19(31)26-16-6-7-28(27-16)9-11-4-5-12(32-10-17(29)30)8-13(11)20(23,24)25/h1-8H,9-10H2,(H,29,30)(H,26,27,31). The van der Waals surface area contributed by atoms with Gasteiger partial charge in [0.25, 0.3) is 5.91 Å². The van der Waals surface area contributed by atoms with Crippen molar-refractivity contribution in [3.8, 4) is 5.75 Å². The predicted octanol–water partition coefficient (Wildman–Crippen LogP) is 3.94. The van der Waals surface area contributed by atoms with Crippen molar-refractivity contribution < 1.29 is 41.4 Å². The zero-order valence-corrected chi connectivity index (χ0v) is 16.0. The van der Waals surface area contributed by atoms with E-state index in [1.807, 2.05) is 0 Å². The van der Waals surface area contributed by atoms with E-state index in [0.717, 1.165) is 28.9 Å². The van der Waals surface area contributed by atoms with Crippen molar-refractivity contribution in [3.05, 3.63) is 77.0 Å². The van der Waals surface area contributed by atoms with Gasteiger partial charge in [0.1, 0.15) is 22.9 Å². The number of ether oxygens (including phenoxy) is 1. The topological polar surface area (TPSA) is 93.5 Å². The van der Waals surface area contributed by atoms with Gasteiger partial charge in [0.2, 0.25) is 0 Å². The van der Waals surface area contributed by atoms with E-state index >= 15 is 0 Å². The lowest BCUT2D eigenvalue weighted by atomic mass is 10.1. The number of carbonyl (C=O) groups excluding carboxylic acids is 1. The van der Waals surface area contributed by atoms with Crippen LogP contribution in [0.3, 0.4) is 0 Å². The Labute approximate surface area is 177 Å². The van der Waals surface area contributed by atoms with E-state index in [9.17, 15) is 31.5 Å². The number of nitrogens with one attached hydrogen (secondary N) is 1. The Kier molecular flexibility index (Phi) is 6.42. The summed E-state index contributed by atoms with van der Waals surface area (Å²) >= 11 is 0. The Balaban J connectivity index is 1.78. The third-order valence-corrected chi connectivity index (χ3v) is 4.15. The molecule has 168 valence electrons. The van der Waals surface area contributed by atoms with Crippen LogP contribution in [0.5, 0.6) is 5.75 Å². The van der Waals surface area contributed by atoms with Gasteiger partial charge in [0.05, 0.1) is 12.1 Å². The molecule has 7 nitrogen and oxygen atoms in total. The van der Waals surface area contributed by atoms with Gasteiger partial charge < -0.3 is 15.2 Å². The zero-order chi connectivity index (χ0) is 23.5. The third-order valence-electron chi connectivity index (χ3n) is 4.15. The van der Waals surface area contributed by atoms with Crippen molar-refractivity contribution >= 4 is 17.7 Å². The number of alkyl halides is 3. The van der Waals surface area contributed by atoms with Crippen molar-refractivity contribution in [1.82, 2.24) is 9.78 Å². The number of carboxylic acids is 1. The Bertz CT molecular complexity index is 1140. The van der Waals surface area contributed by atoms with Crippen LogP contribution in [-0.4, -0.2) is 33.4 Å². The Morgan fingerprint density at radius 1 is 1.09 bits per heavy atom. The molecule has 3 rings (SSSR count). The van der Waals surface area contributed by atoms with E-state index in [1.54, 1.807) is 0 Å². The molecule has 1 heterocycles. The van der Waals surface area contributed by atoms with Crippen LogP contribution in [0.2, 0.25) is 0 Å². The van der Waals surface area contributed by atoms with Gasteiger partial charge in [-0.3, -0.25) is 9.48 Å². The van der Waals surface area contributed by atoms with Crippen LogP contribution < -0.4 is 10.1 Å². The van der Waals surface area contributed by atoms with Crippen LogP contribution in [0.4, 0.5) is 27.8 Å². The SMILES string of the molecule is O=C(O)COc1ccc(Cn2ccc(NC(=O)c3c(F)cccc3F)n2)c(C(F)(F)F)c1. The number of halogens is 5.